The zero-order chi connectivity index (χ0) is 37.8. The minimum absolute atomic E-state index is 0.213. The number of anilines is 5. The van der Waals surface area contributed by atoms with Crippen LogP contribution in [0.25, 0.3) is 33.4 Å². The van der Waals surface area contributed by atoms with Gasteiger partial charge in [-0.1, -0.05) is 176 Å². The van der Waals surface area contributed by atoms with E-state index in [-0.39, 0.29) is 6.04 Å². The number of allylic oxidation sites excluding steroid dienone is 2. The van der Waals surface area contributed by atoms with Crippen molar-refractivity contribution < 1.29 is 0 Å². The molecule has 2 heteroatoms. The monoisotopic (exact) mass is 728 g/mol. The number of nitrogens with zero attached hydrogens (tertiary/aromatic N) is 2. The molecule has 1 atom stereocenters. The molecule has 8 aromatic carbocycles. The Hall–Kier alpha value is -7.16. The molecule has 0 saturated heterocycles. The van der Waals surface area contributed by atoms with Crippen LogP contribution in [-0.2, 0) is 5.41 Å². The van der Waals surface area contributed by atoms with Gasteiger partial charge in [0.1, 0.15) is 0 Å². The zero-order valence-corrected chi connectivity index (χ0v) is 31.5. The normalized spacial score (nSPS) is 15.4. The van der Waals surface area contributed by atoms with Crippen LogP contribution >= 0.6 is 0 Å². The van der Waals surface area contributed by atoms with Gasteiger partial charge in [0, 0.05) is 17.1 Å². The van der Waals surface area contributed by atoms with E-state index in [2.05, 4.69) is 234 Å². The number of hydrogen-bond acceptors (Lipinski definition) is 2. The van der Waals surface area contributed by atoms with Crippen LogP contribution in [0.3, 0.4) is 0 Å². The van der Waals surface area contributed by atoms with E-state index in [4.69, 9.17) is 0 Å². The molecule has 1 heterocycles. The molecule has 11 rings (SSSR count). The summed E-state index contributed by atoms with van der Waals surface area (Å²) < 4.78 is 0. The molecule has 0 aromatic heterocycles. The highest BCUT2D eigenvalue weighted by Gasteiger charge is 2.52. The van der Waals surface area contributed by atoms with Crippen molar-refractivity contribution in [3.8, 4) is 33.4 Å². The second-order valence-electron chi connectivity index (χ2n) is 15.2. The molecule has 1 spiro atoms. The molecule has 2 aliphatic carbocycles. The van der Waals surface area contributed by atoms with Crippen molar-refractivity contribution >= 4 is 28.4 Å². The summed E-state index contributed by atoms with van der Waals surface area (Å²) in [6, 6.07) is 74.1. The van der Waals surface area contributed by atoms with Gasteiger partial charge in [0.25, 0.3) is 0 Å². The molecule has 0 radical (unpaired) electrons. The lowest BCUT2D eigenvalue weighted by Gasteiger charge is -2.45. The lowest BCUT2D eigenvalue weighted by molar-refractivity contribution is 0.754. The molecule has 0 saturated carbocycles. The third-order valence-electron chi connectivity index (χ3n) is 12.2. The molecule has 0 fully saturated rings. The topological polar surface area (TPSA) is 6.48 Å². The Balaban J connectivity index is 1.08. The number of benzene rings is 8. The van der Waals surface area contributed by atoms with Gasteiger partial charge in [-0.05, 0) is 111 Å². The SMILES string of the molecule is C1=CCC(N(c2ccc(-c3ccccc3)cc2)c2ccc(-c3cccc4c3C3(c5ccccc5-4)c4ccccc4N(c4ccccc4)c4ccccc43)cc2)C=C1. The predicted molar refractivity (Wildman–Crippen MR) is 238 cm³/mol. The average Bonchev–Trinajstić information content (AvgIpc) is 3.59. The minimum atomic E-state index is -0.522. The summed E-state index contributed by atoms with van der Waals surface area (Å²) in [5.41, 5.74) is 18.2. The summed E-state index contributed by atoms with van der Waals surface area (Å²) in [6.45, 7) is 0. The van der Waals surface area contributed by atoms with Crippen LogP contribution < -0.4 is 9.80 Å². The standard InChI is InChI=1S/C55H40N2/c1-4-17-39(18-5-1)40-31-35-44(36-32-40)56(42-19-6-2-7-20-42)45-37-33-41(34-38-45)46-24-16-25-48-47-23-10-11-26-49(47)55(54(46)48)50-27-12-14-29-52(50)57(43-21-8-3-9-22-43)53-30-15-13-28-51(53)55/h1-19,21-38,42H,20H2. The second-order valence-corrected chi connectivity index (χ2v) is 15.2. The van der Waals surface area contributed by atoms with Crippen molar-refractivity contribution in [1.82, 2.24) is 0 Å². The van der Waals surface area contributed by atoms with Crippen LogP contribution in [0.2, 0.25) is 0 Å². The van der Waals surface area contributed by atoms with Crippen LogP contribution in [0.4, 0.5) is 28.4 Å². The van der Waals surface area contributed by atoms with Crippen molar-refractivity contribution in [2.24, 2.45) is 0 Å². The summed E-state index contributed by atoms with van der Waals surface area (Å²) in [7, 11) is 0. The summed E-state index contributed by atoms with van der Waals surface area (Å²) in [6.07, 6.45) is 9.87. The van der Waals surface area contributed by atoms with E-state index in [1.54, 1.807) is 0 Å². The van der Waals surface area contributed by atoms with E-state index < -0.39 is 5.41 Å². The first kappa shape index (κ1) is 33.2. The molecule has 0 N–H and O–H groups in total. The highest BCUT2D eigenvalue weighted by molar-refractivity contribution is 5.99. The Labute approximate surface area is 335 Å². The maximum Gasteiger partial charge on any atom is 0.0760 e. The van der Waals surface area contributed by atoms with E-state index in [0.29, 0.717) is 0 Å². The van der Waals surface area contributed by atoms with Gasteiger partial charge in [0.05, 0.1) is 22.8 Å². The van der Waals surface area contributed by atoms with E-state index in [9.17, 15) is 0 Å². The Morgan fingerprint density at radius 2 is 0.947 bits per heavy atom. The number of para-hydroxylation sites is 3. The quantitative estimate of drug-likeness (QED) is 0.168. The maximum atomic E-state index is 2.48. The molecule has 8 aromatic rings. The van der Waals surface area contributed by atoms with Crippen molar-refractivity contribution in [2.75, 3.05) is 9.80 Å². The van der Waals surface area contributed by atoms with Gasteiger partial charge in [-0.3, -0.25) is 0 Å². The van der Waals surface area contributed by atoms with Gasteiger partial charge < -0.3 is 9.80 Å². The fourth-order valence-electron chi connectivity index (χ4n) is 9.80. The molecule has 0 bridgehead atoms. The smallest absolute Gasteiger partial charge is 0.0760 e. The third-order valence-corrected chi connectivity index (χ3v) is 12.2. The third kappa shape index (κ3) is 5.18. The fourth-order valence-corrected chi connectivity index (χ4v) is 9.80. The van der Waals surface area contributed by atoms with Crippen molar-refractivity contribution in [1.29, 1.82) is 0 Å². The molecule has 57 heavy (non-hydrogen) atoms. The minimum Gasteiger partial charge on any atom is -0.334 e. The highest BCUT2D eigenvalue weighted by Crippen LogP contribution is 2.64. The maximum absolute atomic E-state index is 2.48. The molecular formula is C55H40N2. The van der Waals surface area contributed by atoms with Crippen molar-refractivity contribution in [2.45, 2.75) is 17.9 Å². The van der Waals surface area contributed by atoms with Gasteiger partial charge >= 0.3 is 0 Å². The van der Waals surface area contributed by atoms with Crippen molar-refractivity contribution in [3.63, 3.8) is 0 Å². The van der Waals surface area contributed by atoms with Crippen LogP contribution in [0.5, 0.6) is 0 Å². The summed E-state index contributed by atoms with van der Waals surface area (Å²) in [4.78, 5) is 4.93. The lowest BCUT2D eigenvalue weighted by atomic mass is 9.63. The molecule has 1 unspecified atom stereocenters. The van der Waals surface area contributed by atoms with Gasteiger partial charge in [-0.15, -0.1) is 0 Å². The first-order valence-corrected chi connectivity index (χ1v) is 20.0. The Morgan fingerprint density at radius 1 is 0.421 bits per heavy atom. The zero-order valence-electron chi connectivity index (χ0n) is 31.5. The molecule has 0 amide bonds. The summed E-state index contributed by atoms with van der Waals surface area (Å²) in [5, 5.41) is 0. The predicted octanol–water partition coefficient (Wildman–Crippen LogP) is 14.2. The highest BCUT2D eigenvalue weighted by atomic mass is 15.2. The summed E-state index contributed by atoms with van der Waals surface area (Å²) in [5.74, 6) is 0. The van der Waals surface area contributed by atoms with Crippen LogP contribution in [0.15, 0.2) is 224 Å². The van der Waals surface area contributed by atoms with Crippen LogP contribution in [-0.4, -0.2) is 6.04 Å². The average molecular weight is 729 g/mol. The first-order chi connectivity index (χ1) is 28.3. The molecule has 270 valence electrons. The Morgan fingerprint density at radius 3 is 1.60 bits per heavy atom. The molecule has 2 nitrogen and oxygen atoms in total. The van der Waals surface area contributed by atoms with E-state index in [1.165, 1.54) is 78.4 Å². The lowest BCUT2D eigenvalue weighted by Crippen LogP contribution is -2.36. The van der Waals surface area contributed by atoms with Crippen LogP contribution in [0, 0.1) is 0 Å². The van der Waals surface area contributed by atoms with Gasteiger partial charge in [-0.25, -0.2) is 0 Å². The molecule has 3 aliphatic rings. The Kier molecular flexibility index (Phi) is 7.89. The van der Waals surface area contributed by atoms with Crippen molar-refractivity contribution in [3.05, 3.63) is 247 Å². The number of hydrogen-bond donors (Lipinski definition) is 0. The van der Waals surface area contributed by atoms with Crippen LogP contribution in [0.1, 0.15) is 28.7 Å². The largest absolute Gasteiger partial charge is 0.334 e. The van der Waals surface area contributed by atoms with E-state index in [0.717, 1.165) is 12.1 Å². The van der Waals surface area contributed by atoms with Gasteiger partial charge in [0.2, 0.25) is 0 Å². The van der Waals surface area contributed by atoms with E-state index >= 15 is 0 Å². The van der Waals surface area contributed by atoms with Gasteiger partial charge in [0.15, 0.2) is 0 Å². The fraction of sp³-hybridized carbons (Fsp3) is 0.0545. The number of rotatable bonds is 6. The summed E-state index contributed by atoms with van der Waals surface area (Å²) >= 11 is 0. The first-order valence-electron chi connectivity index (χ1n) is 20.0. The van der Waals surface area contributed by atoms with E-state index in [1.807, 2.05) is 0 Å². The van der Waals surface area contributed by atoms with Gasteiger partial charge in [-0.2, -0.15) is 0 Å². The Bertz CT molecular complexity index is 2770. The second kappa shape index (κ2) is 13.5. The molecular weight excluding hydrogens is 689 g/mol. The molecule has 1 aliphatic heterocycles. The number of fused-ring (bicyclic) bond motifs is 9.